The second-order valence-electron chi connectivity index (χ2n) is 3.23. The fourth-order valence-electron chi connectivity index (χ4n) is 1.54. The second-order valence-corrected chi connectivity index (χ2v) is 3.85. The number of aryl methyl sites for hydroxylation is 1. The third-order valence-corrected chi connectivity index (χ3v) is 2.60. The third kappa shape index (κ3) is 2.33. The van der Waals surface area contributed by atoms with Crippen LogP contribution in [0.3, 0.4) is 0 Å². The van der Waals surface area contributed by atoms with E-state index in [1.807, 2.05) is 6.92 Å². The number of aromatic hydroxyl groups is 1. The van der Waals surface area contributed by atoms with Crippen molar-refractivity contribution >= 4 is 16.2 Å². The molecule has 0 aliphatic carbocycles. The number of hydrogen-bond donors (Lipinski definition) is 1. The average molecular weight is 243 g/mol. The van der Waals surface area contributed by atoms with Crippen LogP contribution in [0.2, 0.25) is 0 Å². The van der Waals surface area contributed by atoms with E-state index >= 15 is 0 Å². The Labute approximate surface area is 95.4 Å². The molecule has 1 aromatic rings. The Kier molecular flexibility index (Phi) is 3.89. The van der Waals surface area contributed by atoms with E-state index in [1.165, 1.54) is 13.2 Å². The van der Waals surface area contributed by atoms with Gasteiger partial charge in [0.1, 0.15) is 11.4 Å². The molecule has 0 aromatic heterocycles. The maximum absolute atomic E-state index is 10.5. The topological polar surface area (TPSA) is 76.0 Å². The molecule has 0 fully saturated rings. The van der Waals surface area contributed by atoms with Gasteiger partial charge >= 0.3 is 10.5 Å². The smallest absolute Gasteiger partial charge is 0.316 e. The normalized spacial score (nSPS) is 9.94. The van der Waals surface area contributed by atoms with Crippen LogP contribution >= 0.6 is 0 Å². The first kappa shape index (κ1) is 12.5. The number of methoxy groups -OCH3 is 1. The van der Waals surface area contributed by atoms with E-state index < -0.39 is 10.5 Å². The maximum atomic E-state index is 10.5. The summed E-state index contributed by atoms with van der Waals surface area (Å²) in [6.45, 7) is 3.52. The molecule has 1 aromatic carbocycles. The quantitative estimate of drug-likeness (QED) is 0.880. The Bertz CT molecular complexity index is 526. The number of phenolic OH excluding ortho intramolecular Hbond substituents is 1. The van der Waals surface area contributed by atoms with Crippen molar-refractivity contribution in [3.8, 4) is 11.5 Å². The van der Waals surface area contributed by atoms with Crippen LogP contribution in [-0.2, 0) is 16.9 Å². The van der Waals surface area contributed by atoms with Crippen LogP contribution in [0.15, 0.2) is 10.4 Å². The summed E-state index contributed by atoms with van der Waals surface area (Å²) >= 11 is 0. The largest absolute Gasteiger partial charge is 0.507 e. The zero-order valence-corrected chi connectivity index (χ0v) is 10.1. The van der Waals surface area contributed by atoms with Crippen molar-refractivity contribution in [1.29, 1.82) is 0 Å². The third-order valence-electron chi connectivity index (χ3n) is 2.25. The highest BCUT2D eigenvalue weighted by Gasteiger charge is 2.15. The van der Waals surface area contributed by atoms with Crippen LogP contribution in [-0.4, -0.2) is 20.6 Å². The summed E-state index contributed by atoms with van der Waals surface area (Å²) in [7, 11) is -1.13. The summed E-state index contributed by atoms with van der Waals surface area (Å²) in [5, 5.41) is 9.79. The molecule has 0 unspecified atom stereocenters. The van der Waals surface area contributed by atoms with E-state index in [1.54, 1.807) is 6.92 Å². The highest BCUT2D eigenvalue weighted by molar-refractivity contribution is 7.61. The van der Waals surface area contributed by atoms with Crippen LogP contribution in [0.4, 0.5) is 5.69 Å². The molecule has 0 bridgehead atoms. The molecule has 0 spiro atoms. The molecule has 1 N–H and O–H groups in total. The minimum Gasteiger partial charge on any atom is -0.507 e. The Morgan fingerprint density at radius 1 is 1.50 bits per heavy atom. The lowest BCUT2D eigenvalue weighted by Gasteiger charge is -2.12. The lowest BCUT2D eigenvalue weighted by molar-refractivity contribution is 0.401. The molecule has 88 valence electrons. The molecule has 16 heavy (non-hydrogen) atoms. The van der Waals surface area contributed by atoms with Gasteiger partial charge < -0.3 is 9.84 Å². The van der Waals surface area contributed by atoms with Crippen LogP contribution in [0, 0.1) is 6.92 Å². The zero-order valence-electron chi connectivity index (χ0n) is 9.31. The van der Waals surface area contributed by atoms with Gasteiger partial charge in [-0.15, -0.1) is 4.36 Å². The Morgan fingerprint density at radius 3 is 2.56 bits per heavy atom. The molecule has 5 nitrogen and oxygen atoms in total. The minimum atomic E-state index is -2.54. The molecule has 0 aliphatic heterocycles. The maximum Gasteiger partial charge on any atom is 0.316 e. The van der Waals surface area contributed by atoms with E-state index in [0.717, 1.165) is 0 Å². The van der Waals surface area contributed by atoms with Crippen LogP contribution in [0.5, 0.6) is 11.5 Å². The van der Waals surface area contributed by atoms with Crippen molar-refractivity contribution in [3.05, 3.63) is 17.2 Å². The zero-order chi connectivity index (χ0) is 12.3. The Hall–Kier alpha value is -1.56. The van der Waals surface area contributed by atoms with E-state index in [4.69, 9.17) is 4.74 Å². The summed E-state index contributed by atoms with van der Waals surface area (Å²) in [5.74, 6) is 0.421. The van der Waals surface area contributed by atoms with Crippen molar-refractivity contribution in [1.82, 2.24) is 0 Å². The van der Waals surface area contributed by atoms with Gasteiger partial charge in [-0.1, -0.05) is 6.92 Å². The number of phenols is 1. The van der Waals surface area contributed by atoms with Crippen LogP contribution in [0.1, 0.15) is 18.1 Å². The van der Waals surface area contributed by atoms with Crippen molar-refractivity contribution in [2.45, 2.75) is 20.3 Å². The van der Waals surface area contributed by atoms with Gasteiger partial charge in [-0.05, 0) is 25.0 Å². The first-order valence-electron chi connectivity index (χ1n) is 4.71. The van der Waals surface area contributed by atoms with Crippen molar-refractivity contribution in [3.63, 3.8) is 0 Å². The molecule has 0 amide bonds. The molecule has 0 saturated heterocycles. The first-order valence-corrected chi connectivity index (χ1v) is 5.75. The van der Waals surface area contributed by atoms with Crippen LogP contribution < -0.4 is 4.74 Å². The van der Waals surface area contributed by atoms with Gasteiger partial charge in [0.05, 0.1) is 7.11 Å². The number of hydrogen-bond acceptors (Lipinski definition) is 5. The van der Waals surface area contributed by atoms with Gasteiger partial charge in [0.2, 0.25) is 0 Å². The molecule has 0 heterocycles. The van der Waals surface area contributed by atoms with E-state index in [0.29, 0.717) is 23.3 Å². The van der Waals surface area contributed by atoms with Crippen molar-refractivity contribution in [2.75, 3.05) is 7.11 Å². The molecule has 6 heteroatoms. The van der Waals surface area contributed by atoms with Crippen molar-refractivity contribution < 1.29 is 18.3 Å². The predicted molar refractivity (Wildman–Crippen MR) is 59.8 cm³/mol. The Morgan fingerprint density at radius 2 is 2.12 bits per heavy atom. The van der Waals surface area contributed by atoms with Gasteiger partial charge in [0.25, 0.3) is 0 Å². The van der Waals surface area contributed by atoms with Gasteiger partial charge in [-0.3, -0.25) is 0 Å². The highest BCUT2D eigenvalue weighted by atomic mass is 32.2. The molecule has 0 saturated carbocycles. The van der Waals surface area contributed by atoms with Crippen LogP contribution in [0.25, 0.3) is 0 Å². The summed E-state index contributed by atoms with van der Waals surface area (Å²) in [4.78, 5) is 0. The van der Waals surface area contributed by atoms with Gasteiger partial charge in [-0.25, -0.2) is 0 Å². The van der Waals surface area contributed by atoms with Gasteiger partial charge in [0.15, 0.2) is 5.75 Å². The SMILES string of the molecule is CCc1c(O)c(C)cc(N=S(=O)=O)c1OC. The molecule has 0 atom stereocenters. The fraction of sp³-hybridized carbons (Fsp3) is 0.400. The molecular weight excluding hydrogens is 230 g/mol. The monoisotopic (exact) mass is 243 g/mol. The minimum absolute atomic E-state index is 0.120. The Balaban J connectivity index is 3.62. The first-order chi connectivity index (χ1) is 7.51. The molecular formula is C10H13NO4S. The number of ether oxygens (including phenoxy) is 1. The molecule has 0 aliphatic rings. The predicted octanol–water partition coefficient (Wildman–Crippen LogP) is 1.97. The summed E-state index contributed by atoms with van der Waals surface area (Å²) < 4.78 is 29.6. The summed E-state index contributed by atoms with van der Waals surface area (Å²) in [6.07, 6.45) is 0.532. The lowest BCUT2D eigenvalue weighted by atomic mass is 10.0. The number of nitrogens with zero attached hydrogens (tertiary/aromatic N) is 1. The van der Waals surface area contributed by atoms with E-state index in [-0.39, 0.29) is 11.4 Å². The van der Waals surface area contributed by atoms with E-state index in [2.05, 4.69) is 4.36 Å². The lowest BCUT2D eigenvalue weighted by Crippen LogP contribution is -1.93. The standard InChI is InChI=1S/C10H13NO4S/c1-4-7-9(12)6(2)5-8(10(7)15-3)11-16(13)14/h5,12H,4H2,1-3H3. The van der Waals surface area contributed by atoms with Gasteiger partial charge in [0, 0.05) is 5.56 Å². The summed E-state index contributed by atoms with van der Waals surface area (Å²) in [6, 6.07) is 1.48. The number of benzene rings is 1. The molecule has 0 radical (unpaired) electrons. The van der Waals surface area contributed by atoms with Gasteiger partial charge in [-0.2, -0.15) is 8.42 Å². The fourth-order valence-corrected chi connectivity index (χ4v) is 1.84. The summed E-state index contributed by atoms with van der Waals surface area (Å²) in [5.41, 5.74) is 1.34. The number of rotatable bonds is 3. The van der Waals surface area contributed by atoms with Crippen molar-refractivity contribution in [2.24, 2.45) is 4.36 Å². The van der Waals surface area contributed by atoms with E-state index in [9.17, 15) is 13.5 Å². The molecule has 1 rings (SSSR count). The highest BCUT2D eigenvalue weighted by Crippen LogP contribution is 2.39. The average Bonchev–Trinajstić information content (AvgIpc) is 2.21. The second kappa shape index (κ2) is 4.98.